The molecule has 0 saturated carbocycles. The first-order valence-electron chi connectivity index (χ1n) is 11.8. The Morgan fingerprint density at radius 3 is 2.53 bits per heavy atom. The number of nitriles is 1. The van der Waals surface area contributed by atoms with Gasteiger partial charge in [-0.15, -0.1) is 0 Å². The number of aromatic nitrogens is 2. The van der Waals surface area contributed by atoms with Crippen LogP contribution >= 0.6 is 0 Å². The third-order valence-electron chi connectivity index (χ3n) is 6.10. The van der Waals surface area contributed by atoms with E-state index in [-0.39, 0.29) is 5.91 Å². The van der Waals surface area contributed by atoms with Gasteiger partial charge in [0.05, 0.1) is 11.3 Å². The minimum atomic E-state index is 0.0535. The van der Waals surface area contributed by atoms with Gasteiger partial charge in [-0.2, -0.15) is 5.26 Å². The van der Waals surface area contributed by atoms with E-state index in [9.17, 15) is 10.1 Å². The van der Waals surface area contributed by atoms with Crippen LogP contribution in [0.5, 0.6) is 0 Å². The molecule has 4 rings (SSSR count). The first-order valence-corrected chi connectivity index (χ1v) is 11.8. The number of carbonyl (C=O) groups is 1. The Hall–Kier alpha value is -3.89. The Morgan fingerprint density at radius 2 is 1.85 bits per heavy atom. The van der Waals surface area contributed by atoms with Gasteiger partial charge in [-0.25, -0.2) is 0 Å². The van der Waals surface area contributed by atoms with Gasteiger partial charge in [0.25, 0.3) is 5.91 Å². The summed E-state index contributed by atoms with van der Waals surface area (Å²) in [6.45, 7) is 8.94. The van der Waals surface area contributed by atoms with E-state index in [0.717, 1.165) is 54.5 Å². The summed E-state index contributed by atoms with van der Waals surface area (Å²) in [4.78, 5) is 24.4. The van der Waals surface area contributed by atoms with Crippen LogP contribution in [0, 0.1) is 11.3 Å². The lowest BCUT2D eigenvalue weighted by molar-refractivity contribution is 0.0773. The molecule has 3 heterocycles. The first kappa shape index (κ1) is 23.3. The van der Waals surface area contributed by atoms with E-state index in [1.807, 2.05) is 73.4 Å². The summed E-state index contributed by atoms with van der Waals surface area (Å²) in [5.41, 5.74) is 5.05. The molecular formula is C27H30N6O. The molecule has 2 N–H and O–H groups in total. The van der Waals surface area contributed by atoms with Gasteiger partial charge in [0.15, 0.2) is 0 Å². The van der Waals surface area contributed by atoms with Crippen LogP contribution in [-0.4, -0.2) is 60.0 Å². The standard InChI is InChI=1S/C27H30N6O/c1-3-32(4-2)27(34)21-8-5-20(6-9-21)7-10-24-17-22(11-12-30-24)25-18-23(19-28)26(31-25)33-15-13-29-14-16-33/h5-12,17-18,29,31H,3-4,13-16H2,1-2H3/b10-7+. The second-order valence-corrected chi connectivity index (χ2v) is 8.20. The van der Waals surface area contributed by atoms with Crippen LogP contribution in [0.1, 0.15) is 41.0 Å². The quantitative estimate of drug-likeness (QED) is 0.563. The Balaban J connectivity index is 1.51. The maximum Gasteiger partial charge on any atom is 0.253 e. The van der Waals surface area contributed by atoms with Crippen molar-refractivity contribution >= 4 is 23.9 Å². The molecule has 0 aliphatic carbocycles. The minimum absolute atomic E-state index is 0.0535. The monoisotopic (exact) mass is 454 g/mol. The second kappa shape index (κ2) is 10.8. The van der Waals surface area contributed by atoms with Gasteiger partial charge in [0.1, 0.15) is 11.9 Å². The van der Waals surface area contributed by atoms with E-state index in [1.165, 1.54) is 0 Å². The summed E-state index contributed by atoms with van der Waals surface area (Å²) in [6, 6.07) is 15.8. The summed E-state index contributed by atoms with van der Waals surface area (Å²) >= 11 is 0. The number of hydrogen-bond donors (Lipinski definition) is 2. The molecule has 0 atom stereocenters. The zero-order valence-electron chi connectivity index (χ0n) is 19.7. The number of carbonyl (C=O) groups excluding carboxylic acids is 1. The third kappa shape index (κ3) is 5.19. The molecule has 7 nitrogen and oxygen atoms in total. The maximum atomic E-state index is 12.5. The molecule has 7 heteroatoms. The van der Waals surface area contributed by atoms with Gasteiger partial charge in [0.2, 0.25) is 0 Å². The number of amides is 1. The van der Waals surface area contributed by atoms with Crippen molar-refractivity contribution in [2.75, 3.05) is 44.2 Å². The molecule has 0 spiro atoms. The molecule has 1 amide bonds. The largest absolute Gasteiger partial charge is 0.355 e. The number of pyridine rings is 1. The number of piperazine rings is 1. The fourth-order valence-corrected chi connectivity index (χ4v) is 4.14. The van der Waals surface area contributed by atoms with Crippen LogP contribution in [-0.2, 0) is 0 Å². The molecular weight excluding hydrogens is 424 g/mol. The van der Waals surface area contributed by atoms with Crippen molar-refractivity contribution in [3.05, 3.63) is 71.0 Å². The van der Waals surface area contributed by atoms with E-state index < -0.39 is 0 Å². The lowest BCUT2D eigenvalue weighted by Gasteiger charge is -2.28. The van der Waals surface area contributed by atoms with Crippen LogP contribution in [0.4, 0.5) is 5.82 Å². The summed E-state index contributed by atoms with van der Waals surface area (Å²) in [7, 11) is 0. The van der Waals surface area contributed by atoms with Crippen molar-refractivity contribution in [2.24, 2.45) is 0 Å². The zero-order valence-corrected chi connectivity index (χ0v) is 19.7. The van der Waals surface area contributed by atoms with Crippen molar-refractivity contribution in [3.63, 3.8) is 0 Å². The number of anilines is 1. The Labute approximate surface area is 200 Å². The molecule has 0 radical (unpaired) electrons. The van der Waals surface area contributed by atoms with Crippen molar-refractivity contribution in [3.8, 4) is 17.3 Å². The lowest BCUT2D eigenvalue weighted by Crippen LogP contribution is -2.44. The first-order chi connectivity index (χ1) is 16.6. The van der Waals surface area contributed by atoms with Crippen LogP contribution in [0.25, 0.3) is 23.4 Å². The average Bonchev–Trinajstić information content (AvgIpc) is 3.34. The predicted molar refractivity (Wildman–Crippen MR) is 136 cm³/mol. The highest BCUT2D eigenvalue weighted by Crippen LogP contribution is 2.28. The van der Waals surface area contributed by atoms with Crippen LogP contribution in [0.3, 0.4) is 0 Å². The zero-order chi connectivity index (χ0) is 23.9. The minimum Gasteiger partial charge on any atom is -0.355 e. The number of benzene rings is 1. The highest BCUT2D eigenvalue weighted by Gasteiger charge is 2.18. The summed E-state index contributed by atoms with van der Waals surface area (Å²) in [5, 5.41) is 13.0. The normalized spacial score (nSPS) is 13.7. The molecule has 1 aromatic carbocycles. The molecule has 0 bridgehead atoms. The van der Waals surface area contributed by atoms with Crippen LogP contribution in [0.2, 0.25) is 0 Å². The second-order valence-electron chi connectivity index (χ2n) is 8.20. The average molecular weight is 455 g/mol. The number of hydrogen-bond acceptors (Lipinski definition) is 5. The Kier molecular flexibility index (Phi) is 7.41. The molecule has 1 saturated heterocycles. The summed E-state index contributed by atoms with van der Waals surface area (Å²) in [5.74, 6) is 0.935. The summed E-state index contributed by atoms with van der Waals surface area (Å²) in [6.07, 6.45) is 5.72. The maximum absolute atomic E-state index is 12.5. The van der Waals surface area contributed by atoms with Crippen LogP contribution < -0.4 is 10.2 Å². The van der Waals surface area contributed by atoms with E-state index in [2.05, 4.69) is 26.3 Å². The van der Waals surface area contributed by atoms with E-state index >= 15 is 0 Å². The SMILES string of the molecule is CCN(CC)C(=O)c1ccc(/C=C/c2cc(-c3cc(C#N)c(N4CCNCC4)[nH]3)ccn2)cc1. The fraction of sp³-hybridized carbons (Fsp3) is 0.296. The predicted octanol–water partition coefficient (Wildman–Crippen LogP) is 4.01. The van der Waals surface area contributed by atoms with Crippen molar-refractivity contribution < 1.29 is 4.79 Å². The van der Waals surface area contributed by atoms with E-state index in [0.29, 0.717) is 24.2 Å². The molecule has 1 aliphatic rings. The van der Waals surface area contributed by atoms with Crippen molar-refractivity contribution in [1.82, 2.24) is 20.2 Å². The number of aromatic amines is 1. The van der Waals surface area contributed by atoms with Gasteiger partial charge >= 0.3 is 0 Å². The molecule has 1 aliphatic heterocycles. The van der Waals surface area contributed by atoms with E-state index in [4.69, 9.17) is 0 Å². The molecule has 3 aromatic rings. The molecule has 34 heavy (non-hydrogen) atoms. The Bertz CT molecular complexity index is 1190. The smallest absolute Gasteiger partial charge is 0.253 e. The fourth-order valence-electron chi connectivity index (χ4n) is 4.14. The van der Waals surface area contributed by atoms with Gasteiger partial charge in [-0.3, -0.25) is 9.78 Å². The topological polar surface area (TPSA) is 88.0 Å². The molecule has 174 valence electrons. The highest BCUT2D eigenvalue weighted by molar-refractivity contribution is 5.94. The molecule has 2 aromatic heterocycles. The lowest BCUT2D eigenvalue weighted by atomic mass is 10.1. The number of rotatable bonds is 7. The Morgan fingerprint density at radius 1 is 1.12 bits per heavy atom. The van der Waals surface area contributed by atoms with Crippen LogP contribution in [0.15, 0.2) is 48.7 Å². The van der Waals surface area contributed by atoms with Gasteiger partial charge < -0.3 is 20.1 Å². The van der Waals surface area contributed by atoms with Gasteiger partial charge in [-0.05, 0) is 55.8 Å². The highest BCUT2D eigenvalue weighted by atomic mass is 16.2. The number of nitrogens with one attached hydrogen (secondary N) is 2. The van der Waals surface area contributed by atoms with Crippen molar-refractivity contribution in [1.29, 1.82) is 5.26 Å². The number of nitrogens with zero attached hydrogens (tertiary/aromatic N) is 4. The summed E-state index contributed by atoms with van der Waals surface area (Å²) < 4.78 is 0. The molecule has 1 fully saturated rings. The van der Waals surface area contributed by atoms with Crippen molar-refractivity contribution in [2.45, 2.75) is 13.8 Å². The van der Waals surface area contributed by atoms with Gasteiger partial charge in [0, 0.05) is 62.3 Å². The molecule has 0 unspecified atom stereocenters. The third-order valence-corrected chi connectivity index (χ3v) is 6.10. The van der Waals surface area contributed by atoms with Gasteiger partial charge in [-0.1, -0.05) is 18.2 Å². The number of H-pyrrole nitrogens is 1. The van der Waals surface area contributed by atoms with E-state index in [1.54, 1.807) is 6.20 Å².